The molecule has 94 heavy (non-hydrogen) atoms. The lowest BCUT2D eigenvalue weighted by atomic mass is 10.1. The van der Waals surface area contributed by atoms with Gasteiger partial charge in [-0.3, -0.25) is 43.7 Å². The Kier molecular flexibility index (Phi) is 25.2. The lowest BCUT2D eigenvalue weighted by Crippen LogP contribution is -2.37. The van der Waals surface area contributed by atoms with Gasteiger partial charge in [0.2, 0.25) is 0 Å². The van der Waals surface area contributed by atoms with Crippen LogP contribution in [0, 0.1) is 0 Å². The second-order valence-electron chi connectivity index (χ2n) is 19.8. The molecule has 500 valence electrons. The Morgan fingerprint density at radius 3 is 1.27 bits per heavy atom. The first kappa shape index (κ1) is 74.3. The van der Waals surface area contributed by atoms with Gasteiger partial charge in [0.15, 0.2) is 0 Å². The summed E-state index contributed by atoms with van der Waals surface area (Å²) in [5.74, 6) is 1.15. The van der Waals surface area contributed by atoms with Gasteiger partial charge in [0.05, 0.1) is 28.2 Å². The van der Waals surface area contributed by atoms with Crippen molar-refractivity contribution >= 4 is 130 Å². The van der Waals surface area contributed by atoms with Gasteiger partial charge in [0.25, 0.3) is 33.7 Å². The summed E-state index contributed by atoms with van der Waals surface area (Å²) in [5, 5.41) is 12.5. The molecule has 9 rings (SSSR count). The average molecular weight is 1390 g/mol. The first-order chi connectivity index (χ1) is 44.3. The van der Waals surface area contributed by atoms with Crippen molar-refractivity contribution in [3.8, 4) is 0 Å². The molecule has 0 bridgehead atoms. The van der Waals surface area contributed by atoms with Crippen LogP contribution in [0.2, 0.25) is 0 Å². The van der Waals surface area contributed by atoms with Crippen LogP contribution in [0.3, 0.4) is 0 Å². The molecular formula is C63H64ClF9N12O6S3. The highest BCUT2D eigenvalue weighted by Gasteiger charge is 2.38. The number of carbonyl (C=O) groups is 3. The quantitative estimate of drug-likeness (QED) is 0.0343. The molecule has 7 N–H and O–H groups in total. The second-order valence-corrected chi connectivity index (χ2v) is 24.0. The summed E-state index contributed by atoms with van der Waals surface area (Å²) in [5.41, 5.74) is 5.25. The molecule has 0 aliphatic carbocycles. The lowest BCUT2D eigenvalue weighted by molar-refractivity contribution is -0.144. The van der Waals surface area contributed by atoms with Gasteiger partial charge in [-0.25, -0.2) is 0 Å². The van der Waals surface area contributed by atoms with Crippen molar-refractivity contribution in [2.24, 2.45) is 0 Å². The molecule has 0 saturated heterocycles. The van der Waals surface area contributed by atoms with E-state index < -0.39 is 75.0 Å². The number of nitrogens with one attached hydrogen (secondary N) is 3. The minimum absolute atomic E-state index is 0.0187. The monoisotopic (exact) mass is 1390 g/mol. The van der Waals surface area contributed by atoms with Crippen molar-refractivity contribution in [1.82, 2.24) is 28.7 Å². The van der Waals surface area contributed by atoms with Crippen LogP contribution in [0.1, 0.15) is 89.7 Å². The van der Waals surface area contributed by atoms with Gasteiger partial charge in [0.1, 0.15) is 34.1 Å². The first-order valence-electron chi connectivity index (χ1n) is 28.6. The van der Waals surface area contributed by atoms with Gasteiger partial charge >= 0.3 is 18.5 Å². The highest BCUT2D eigenvalue weighted by atomic mass is 35.5. The van der Waals surface area contributed by atoms with Crippen LogP contribution in [-0.4, -0.2) is 84.1 Å². The number of amides is 2. The minimum atomic E-state index is -4.75. The molecule has 0 radical (unpaired) electrons. The molecular weight excluding hydrogens is 1320 g/mol. The molecule has 6 heterocycles. The second kappa shape index (κ2) is 31.9. The molecule has 6 aromatic heterocycles. The summed E-state index contributed by atoms with van der Waals surface area (Å²) in [6.07, 6.45) is -4.04. The third kappa shape index (κ3) is 17.1. The van der Waals surface area contributed by atoms with E-state index in [1.165, 1.54) is 65.4 Å². The van der Waals surface area contributed by atoms with E-state index in [1.807, 2.05) is 51.1 Å². The molecule has 0 aliphatic rings. The molecule has 0 spiro atoms. The van der Waals surface area contributed by atoms with Gasteiger partial charge in [-0.15, -0.1) is 35.3 Å². The maximum absolute atomic E-state index is 13.5. The van der Waals surface area contributed by atoms with Crippen LogP contribution < -0.4 is 49.0 Å². The number of thioether (sulfide) groups is 3. The van der Waals surface area contributed by atoms with Crippen LogP contribution >= 0.6 is 46.9 Å². The maximum Gasteiger partial charge on any atom is 0.431 e. The Hall–Kier alpha value is -8.74. The Morgan fingerprint density at radius 2 is 0.872 bits per heavy atom. The van der Waals surface area contributed by atoms with E-state index in [0.29, 0.717) is 57.8 Å². The van der Waals surface area contributed by atoms with Crippen LogP contribution in [0.4, 0.5) is 73.6 Å². The number of rotatable bonds is 16. The smallest absolute Gasteiger partial charge is 0.397 e. The van der Waals surface area contributed by atoms with Gasteiger partial charge in [0, 0.05) is 114 Å². The van der Waals surface area contributed by atoms with Gasteiger partial charge < -0.3 is 46.0 Å². The molecule has 2 amide bonds. The number of hydrogen-bond donors (Lipinski definition) is 5. The fourth-order valence-electron chi connectivity index (χ4n) is 9.68. The SMILES string of the molecule is CCSc1cc2cnccc2cc1C(=O)Cl.CCSc1cc2cnccc2cc1C(=O)N(C)c1c(N)cc(C(F)(F)F)n(CC)c1=O.CCSc1cc2cnccc2cc1C(=O)Nc1cc(C(F)(F)F)n(CC)c(=O)c1NC.CCn1c(C(F)(F)F)cc(N)c(NC)c1=O. The fourth-order valence-corrected chi connectivity index (χ4v) is 12.4. The molecule has 0 saturated carbocycles. The van der Waals surface area contributed by atoms with E-state index in [-0.39, 0.29) is 48.1 Å². The molecule has 18 nitrogen and oxygen atoms in total. The minimum Gasteiger partial charge on any atom is -0.397 e. The van der Waals surface area contributed by atoms with Crippen molar-refractivity contribution in [2.45, 2.75) is 94.4 Å². The van der Waals surface area contributed by atoms with E-state index in [0.717, 1.165) is 60.0 Å². The van der Waals surface area contributed by atoms with Gasteiger partial charge in [-0.2, -0.15) is 39.5 Å². The standard InChI is InChI=1S/2C21H21F3N4O2S.C12H10ClNOS.C9H12F3N3O/c1-4-28-17(21(22,23)24)10-15(25)18(20(28)30)27(3)19(29)14-8-12-6-7-26-11-13(12)9-16(14)31-5-2;1-4-28-17(21(22,23)24)10-15(18(25-3)20(28)30)27-19(29)14-8-12-6-7-26-11-13(12)9-16(14)31-5-2;1-2-16-11-6-9-7-14-4-3-8(9)5-10(11)12(13)15;1-3-15-6(9(10,11)12)4-5(13)7(14-2)8(15)16/h6-11H,4-5,25H2,1-3H3;6-11,25H,4-5H2,1-3H3,(H,27,29);3-7H,2H2,1H3;4,14H,3,13H2,1-2H3. The molecule has 31 heteroatoms. The van der Waals surface area contributed by atoms with E-state index in [4.69, 9.17) is 23.1 Å². The number of nitrogen functional groups attached to an aromatic ring is 2. The number of carbonyl (C=O) groups excluding carboxylic acids is 3. The predicted octanol–water partition coefficient (Wildman–Crippen LogP) is 14.5. The largest absolute Gasteiger partial charge is 0.431 e. The van der Waals surface area contributed by atoms with Crippen LogP contribution in [0.25, 0.3) is 32.3 Å². The van der Waals surface area contributed by atoms with Crippen LogP contribution in [0.15, 0.2) is 139 Å². The molecule has 0 atom stereocenters. The highest BCUT2D eigenvalue weighted by Crippen LogP contribution is 2.37. The van der Waals surface area contributed by atoms with E-state index in [9.17, 15) is 68.3 Å². The zero-order valence-corrected chi connectivity index (χ0v) is 55.1. The number of nitrogens with two attached hydrogens (primary N) is 2. The first-order valence-corrected chi connectivity index (χ1v) is 31.9. The number of aromatic nitrogens is 6. The molecule has 9 aromatic rings. The molecule has 0 fully saturated rings. The van der Waals surface area contributed by atoms with E-state index in [1.54, 1.807) is 73.2 Å². The van der Waals surface area contributed by atoms with Crippen molar-refractivity contribution in [1.29, 1.82) is 0 Å². The number of hydrogen-bond acceptors (Lipinski definition) is 16. The van der Waals surface area contributed by atoms with Crippen molar-refractivity contribution < 1.29 is 53.9 Å². The summed E-state index contributed by atoms with van der Waals surface area (Å²) < 4.78 is 120. The summed E-state index contributed by atoms with van der Waals surface area (Å²) in [6, 6.07) is 18.4. The van der Waals surface area contributed by atoms with Gasteiger partial charge in [-0.1, -0.05) is 20.8 Å². The number of halogens is 10. The fraction of sp³-hybridized carbons (Fsp3) is 0.286. The number of benzene rings is 3. The lowest BCUT2D eigenvalue weighted by Gasteiger charge is -2.23. The number of fused-ring (bicyclic) bond motifs is 3. The summed E-state index contributed by atoms with van der Waals surface area (Å²) in [6.45, 7) is 9.80. The van der Waals surface area contributed by atoms with Crippen molar-refractivity contribution in [3.05, 3.63) is 175 Å². The molecule has 3 aromatic carbocycles. The molecule has 0 unspecified atom stereocenters. The number of pyridine rings is 6. The van der Waals surface area contributed by atoms with Crippen LogP contribution in [-0.2, 0) is 38.2 Å². The maximum atomic E-state index is 13.5. The Balaban J connectivity index is 0.000000208. The van der Waals surface area contributed by atoms with Crippen molar-refractivity contribution in [3.63, 3.8) is 0 Å². The molecule has 0 aliphatic heterocycles. The third-order valence-electron chi connectivity index (χ3n) is 13.9. The number of alkyl halides is 9. The third-order valence-corrected chi connectivity index (χ3v) is 17.0. The Bertz CT molecular complexity index is 4470. The normalized spacial score (nSPS) is 11.4. The van der Waals surface area contributed by atoms with Crippen LogP contribution in [0.5, 0.6) is 0 Å². The predicted molar refractivity (Wildman–Crippen MR) is 357 cm³/mol. The number of anilines is 6. The summed E-state index contributed by atoms with van der Waals surface area (Å²) in [4.78, 5) is 90.4. The highest BCUT2D eigenvalue weighted by molar-refractivity contribution is 7.99. The Labute approximate surface area is 550 Å². The van der Waals surface area contributed by atoms with Gasteiger partial charge in [-0.05, 0) is 139 Å². The summed E-state index contributed by atoms with van der Waals surface area (Å²) in [7, 11) is 4.18. The van der Waals surface area contributed by atoms with Crippen molar-refractivity contribution in [2.75, 3.05) is 70.7 Å². The number of nitrogens with zero attached hydrogens (tertiary/aromatic N) is 7. The zero-order chi connectivity index (χ0) is 69.7. The van der Waals surface area contributed by atoms with E-state index in [2.05, 4.69) is 30.9 Å². The average Bonchev–Trinajstić information content (AvgIpc) is 0.781. The zero-order valence-electron chi connectivity index (χ0n) is 51.9. The van der Waals surface area contributed by atoms with E-state index >= 15 is 0 Å². The Morgan fingerprint density at radius 1 is 0.511 bits per heavy atom. The topological polar surface area (TPSA) is 247 Å². The summed E-state index contributed by atoms with van der Waals surface area (Å²) >= 11 is 10.1.